The molecule has 3 aromatic carbocycles. The van der Waals surface area contributed by atoms with Crippen molar-refractivity contribution in [3.05, 3.63) is 83.9 Å². The number of fused-ring (bicyclic) bond motifs is 1. The molecule has 0 aliphatic carbocycles. The lowest BCUT2D eigenvalue weighted by atomic mass is 9.87. The zero-order valence-corrected chi connectivity index (χ0v) is 17.2. The van der Waals surface area contributed by atoms with Gasteiger partial charge in [-0.3, -0.25) is 0 Å². The van der Waals surface area contributed by atoms with E-state index < -0.39 is 5.97 Å². The number of hydrogen-bond donors (Lipinski definition) is 2. The molecule has 0 bridgehead atoms. The lowest BCUT2D eigenvalue weighted by molar-refractivity contribution is 0.0697. The molecule has 0 saturated carbocycles. The Kier molecular flexibility index (Phi) is 4.96. The Balaban J connectivity index is 1.75. The van der Waals surface area contributed by atoms with Gasteiger partial charge in [-0.25, -0.2) is 14.8 Å². The molecule has 0 radical (unpaired) electrons. The van der Waals surface area contributed by atoms with Crippen molar-refractivity contribution in [2.24, 2.45) is 0 Å². The number of carboxylic acid groups (broad SMARTS) is 1. The van der Waals surface area contributed by atoms with Gasteiger partial charge in [-0.1, -0.05) is 57.2 Å². The van der Waals surface area contributed by atoms with E-state index in [2.05, 4.69) is 50.4 Å². The quantitative estimate of drug-likeness (QED) is 0.439. The highest BCUT2D eigenvalue weighted by Gasteiger charge is 2.15. The summed E-state index contributed by atoms with van der Waals surface area (Å²) in [6.07, 6.45) is 0. The number of nitrogens with one attached hydrogen (secondary N) is 1. The molecule has 0 atom stereocenters. The highest BCUT2D eigenvalue weighted by molar-refractivity contribution is 5.93. The zero-order valence-electron chi connectivity index (χ0n) is 17.2. The van der Waals surface area contributed by atoms with Crippen LogP contribution in [0.15, 0.2) is 72.8 Å². The molecular weight excluding hydrogens is 374 g/mol. The van der Waals surface area contributed by atoms with E-state index >= 15 is 0 Å². The maximum absolute atomic E-state index is 11.1. The molecule has 0 aliphatic heterocycles. The summed E-state index contributed by atoms with van der Waals surface area (Å²) in [6.45, 7) is 6.56. The van der Waals surface area contributed by atoms with Crippen LogP contribution < -0.4 is 5.32 Å². The van der Waals surface area contributed by atoms with Crippen LogP contribution in [0.2, 0.25) is 0 Å². The minimum Gasteiger partial charge on any atom is -0.478 e. The lowest BCUT2D eigenvalue weighted by Gasteiger charge is -2.19. The second-order valence-corrected chi connectivity index (χ2v) is 8.25. The van der Waals surface area contributed by atoms with Gasteiger partial charge in [0.25, 0.3) is 0 Å². The molecule has 1 aromatic heterocycles. The third-order valence-corrected chi connectivity index (χ3v) is 5.01. The minimum absolute atomic E-state index is 0.0810. The number of carbonyl (C=O) groups is 1. The van der Waals surface area contributed by atoms with E-state index in [0.717, 1.165) is 22.2 Å². The van der Waals surface area contributed by atoms with Crippen molar-refractivity contribution in [1.29, 1.82) is 0 Å². The Morgan fingerprint density at radius 1 is 0.867 bits per heavy atom. The summed E-state index contributed by atoms with van der Waals surface area (Å²) in [5.41, 5.74) is 4.12. The summed E-state index contributed by atoms with van der Waals surface area (Å²) in [5, 5.41) is 13.3. The summed E-state index contributed by atoms with van der Waals surface area (Å²) in [5.74, 6) is 0.368. The van der Waals surface area contributed by atoms with Crippen LogP contribution in [0, 0.1) is 0 Å². The summed E-state index contributed by atoms with van der Waals surface area (Å²) in [6, 6.07) is 22.8. The summed E-state index contributed by atoms with van der Waals surface area (Å²) in [4.78, 5) is 20.6. The SMILES string of the molecule is CC(C)(C)c1ccc(-c2nc(Nc3ccc(C(=O)O)cc3)c3ccccc3n2)cc1. The topological polar surface area (TPSA) is 75.1 Å². The van der Waals surface area contributed by atoms with Crippen molar-refractivity contribution in [3.63, 3.8) is 0 Å². The van der Waals surface area contributed by atoms with Crippen molar-refractivity contribution in [1.82, 2.24) is 9.97 Å². The fraction of sp³-hybridized carbons (Fsp3) is 0.160. The molecule has 1 heterocycles. The average Bonchev–Trinajstić information content (AvgIpc) is 2.73. The predicted molar refractivity (Wildman–Crippen MR) is 120 cm³/mol. The van der Waals surface area contributed by atoms with E-state index in [0.29, 0.717) is 11.6 Å². The third-order valence-electron chi connectivity index (χ3n) is 5.01. The van der Waals surface area contributed by atoms with Gasteiger partial charge in [-0.05, 0) is 47.4 Å². The van der Waals surface area contributed by atoms with Crippen molar-refractivity contribution >= 4 is 28.4 Å². The number of para-hydroxylation sites is 1. The molecule has 0 spiro atoms. The van der Waals surface area contributed by atoms with Crippen LogP contribution in [0.4, 0.5) is 11.5 Å². The molecule has 2 N–H and O–H groups in total. The number of anilines is 2. The molecule has 0 unspecified atom stereocenters. The Hall–Kier alpha value is -3.73. The Bertz CT molecular complexity index is 1210. The van der Waals surface area contributed by atoms with Gasteiger partial charge in [-0.2, -0.15) is 0 Å². The Labute approximate surface area is 175 Å². The van der Waals surface area contributed by atoms with Gasteiger partial charge < -0.3 is 10.4 Å². The Morgan fingerprint density at radius 3 is 2.17 bits per heavy atom. The molecule has 5 nitrogen and oxygen atoms in total. The van der Waals surface area contributed by atoms with Crippen molar-refractivity contribution < 1.29 is 9.90 Å². The number of benzene rings is 3. The second-order valence-electron chi connectivity index (χ2n) is 8.25. The first kappa shape index (κ1) is 19.6. The van der Waals surface area contributed by atoms with E-state index in [4.69, 9.17) is 15.1 Å². The number of aromatic carboxylic acids is 1. The smallest absolute Gasteiger partial charge is 0.335 e. The average molecular weight is 397 g/mol. The zero-order chi connectivity index (χ0) is 21.3. The fourth-order valence-corrected chi connectivity index (χ4v) is 3.25. The number of nitrogens with zero attached hydrogens (tertiary/aromatic N) is 2. The van der Waals surface area contributed by atoms with Crippen LogP contribution in [0.1, 0.15) is 36.7 Å². The van der Waals surface area contributed by atoms with Gasteiger partial charge >= 0.3 is 5.97 Å². The molecule has 5 heteroatoms. The van der Waals surface area contributed by atoms with Crippen LogP contribution in [0.25, 0.3) is 22.3 Å². The van der Waals surface area contributed by atoms with Gasteiger partial charge in [0, 0.05) is 16.6 Å². The standard InChI is InChI=1S/C25H23N3O2/c1-25(2,3)18-12-8-16(9-13-18)22-27-21-7-5-4-6-20(21)23(28-22)26-19-14-10-17(11-15-19)24(29)30/h4-15H,1-3H3,(H,29,30)(H,26,27,28). The van der Waals surface area contributed by atoms with Gasteiger partial charge in [0.15, 0.2) is 5.82 Å². The number of carboxylic acids is 1. The van der Waals surface area contributed by atoms with Crippen LogP contribution in [-0.4, -0.2) is 21.0 Å². The maximum Gasteiger partial charge on any atom is 0.335 e. The molecule has 4 rings (SSSR count). The van der Waals surface area contributed by atoms with Crippen molar-refractivity contribution in [2.45, 2.75) is 26.2 Å². The highest BCUT2D eigenvalue weighted by Crippen LogP contribution is 2.29. The largest absolute Gasteiger partial charge is 0.478 e. The normalized spacial score (nSPS) is 11.4. The number of aromatic nitrogens is 2. The molecule has 30 heavy (non-hydrogen) atoms. The molecule has 0 saturated heterocycles. The van der Waals surface area contributed by atoms with E-state index in [1.165, 1.54) is 5.56 Å². The summed E-state index contributed by atoms with van der Waals surface area (Å²) in [7, 11) is 0. The monoisotopic (exact) mass is 397 g/mol. The van der Waals surface area contributed by atoms with Crippen LogP contribution in [0.5, 0.6) is 0 Å². The number of rotatable bonds is 4. The number of hydrogen-bond acceptors (Lipinski definition) is 4. The van der Waals surface area contributed by atoms with Crippen molar-refractivity contribution in [3.8, 4) is 11.4 Å². The predicted octanol–water partition coefficient (Wildman–Crippen LogP) is 6.04. The van der Waals surface area contributed by atoms with Crippen LogP contribution in [-0.2, 0) is 5.41 Å². The van der Waals surface area contributed by atoms with Crippen molar-refractivity contribution in [2.75, 3.05) is 5.32 Å². The highest BCUT2D eigenvalue weighted by atomic mass is 16.4. The lowest BCUT2D eigenvalue weighted by Crippen LogP contribution is -2.10. The summed E-state index contributed by atoms with van der Waals surface area (Å²) >= 11 is 0. The van der Waals surface area contributed by atoms with Gasteiger partial charge in [-0.15, -0.1) is 0 Å². The molecule has 0 amide bonds. The van der Waals surface area contributed by atoms with Gasteiger partial charge in [0.05, 0.1) is 11.1 Å². The van der Waals surface area contributed by atoms with Gasteiger partial charge in [0.1, 0.15) is 5.82 Å². The van der Waals surface area contributed by atoms with E-state index in [9.17, 15) is 4.79 Å². The van der Waals surface area contributed by atoms with Crippen LogP contribution >= 0.6 is 0 Å². The van der Waals surface area contributed by atoms with E-state index in [1.54, 1.807) is 24.3 Å². The molecule has 4 aromatic rings. The molecule has 0 aliphatic rings. The molecular formula is C25H23N3O2. The first-order chi connectivity index (χ1) is 14.3. The third kappa shape index (κ3) is 4.01. The Morgan fingerprint density at radius 2 is 1.53 bits per heavy atom. The van der Waals surface area contributed by atoms with E-state index in [-0.39, 0.29) is 11.0 Å². The van der Waals surface area contributed by atoms with E-state index in [1.807, 2.05) is 24.3 Å². The molecule has 0 fully saturated rings. The molecule has 150 valence electrons. The summed E-state index contributed by atoms with van der Waals surface area (Å²) < 4.78 is 0. The van der Waals surface area contributed by atoms with Crippen LogP contribution in [0.3, 0.4) is 0 Å². The maximum atomic E-state index is 11.1. The second kappa shape index (κ2) is 7.59. The van der Waals surface area contributed by atoms with Gasteiger partial charge in [0.2, 0.25) is 0 Å². The minimum atomic E-state index is -0.949. The first-order valence-electron chi connectivity index (χ1n) is 9.79. The first-order valence-corrected chi connectivity index (χ1v) is 9.79. The fourth-order valence-electron chi connectivity index (χ4n) is 3.25.